The third kappa shape index (κ3) is 1.97. The first-order valence-electron chi connectivity index (χ1n) is 6.01. The number of aryl methyl sites for hydroxylation is 1. The van der Waals surface area contributed by atoms with Gasteiger partial charge in [0.15, 0.2) is 0 Å². The van der Waals surface area contributed by atoms with Crippen molar-refractivity contribution in [1.29, 1.82) is 0 Å². The minimum Gasteiger partial charge on any atom is -0.398 e. The summed E-state index contributed by atoms with van der Waals surface area (Å²) in [6.45, 7) is 7.29. The number of hydrogen-bond donors (Lipinski definition) is 2. The second kappa shape index (κ2) is 4.96. The summed E-state index contributed by atoms with van der Waals surface area (Å²) >= 11 is 0. The maximum absolute atomic E-state index is 6.11. The first-order valence-corrected chi connectivity index (χ1v) is 6.01. The lowest BCUT2D eigenvalue weighted by Gasteiger charge is -2.01. The first kappa shape index (κ1) is 12.2. The lowest BCUT2D eigenvalue weighted by atomic mass is 10.1. The molecule has 0 aliphatic heterocycles. The van der Waals surface area contributed by atoms with E-state index in [9.17, 15) is 0 Å². The smallest absolute Gasteiger partial charge is 0.0485 e. The number of anilines is 1. The minimum absolute atomic E-state index is 0.880. The van der Waals surface area contributed by atoms with Crippen molar-refractivity contribution in [3.8, 4) is 0 Å². The zero-order valence-electron chi connectivity index (χ0n) is 10.8. The van der Waals surface area contributed by atoms with Crippen molar-refractivity contribution >= 4 is 27.5 Å². The van der Waals surface area contributed by atoms with E-state index in [4.69, 9.17) is 5.73 Å². The van der Waals surface area contributed by atoms with Crippen LogP contribution in [0.1, 0.15) is 12.5 Å². The Morgan fingerprint density at radius 2 is 1.78 bits per heavy atom. The van der Waals surface area contributed by atoms with Crippen molar-refractivity contribution in [3.05, 3.63) is 54.6 Å². The van der Waals surface area contributed by atoms with E-state index in [-0.39, 0.29) is 0 Å². The average Bonchev–Trinajstić information content (AvgIpc) is 2.74. The third-order valence-electron chi connectivity index (χ3n) is 2.93. The largest absolute Gasteiger partial charge is 0.398 e. The Kier molecular flexibility index (Phi) is 3.38. The van der Waals surface area contributed by atoms with Crippen molar-refractivity contribution in [2.45, 2.75) is 13.8 Å². The van der Waals surface area contributed by atoms with Gasteiger partial charge in [-0.3, -0.25) is 0 Å². The second-order valence-corrected chi connectivity index (χ2v) is 4.30. The number of aromatic amines is 1. The molecular formula is C16H18N2. The van der Waals surface area contributed by atoms with Crippen LogP contribution in [0.25, 0.3) is 21.8 Å². The van der Waals surface area contributed by atoms with E-state index < -0.39 is 0 Å². The highest BCUT2D eigenvalue weighted by Gasteiger charge is 2.07. The van der Waals surface area contributed by atoms with E-state index >= 15 is 0 Å². The van der Waals surface area contributed by atoms with Gasteiger partial charge in [-0.1, -0.05) is 30.3 Å². The molecule has 3 N–H and O–H groups in total. The first-order chi connectivity index (χ1) is 8.69. The Hall–Kier alpha value is -2.22. The van der Waals surface area contributed by atoms with Gasteiger partial charge in [0.05, 0.1) is 0 Å². The average molecular weight is 238 g/mol. The van der Waals surface area contributed by atoms with Gasteiger partial charge in [-0.2, -0.15) is 0 Å². The molecule has 1 aromatic heterocycles. The van der Waals surface area contributed by atoms with Gasteiger partial charge < -0.3 is 10.7 Å². The zero-order chi connectivity index (χ0) is 13.1. The fourth-order valence-corrected chi connectivity index (χ4v) is 2.07. The molecule has 2 heteroatoms. The SMILES string of the molecule is C=CC.Cc1ccc2[nH]c3ccccc3c2c1N. The zero-order valence-corrected chi connectivity index (χ0v) is 10.8. The summed E-state index contributed by atoms with van der Waals surface area (Å²) in [6, 6.07) is 12.4. The molecule has 0 saturated heterocycles. The van der Waals surface area contributed by atoms with Gasteiger partial charge in [0.25, 0.3) is 0 Å². The number of aromatic nitrogens is 1. The number of nitrogens with two attached hydrogens (primary N) is 1. The maximum atomic E-state index is 6.11. The molecule has 18 heavy (non-hydrogen) atoms. The normalized spacial score (nSPS) is 10.1. The molecule has 0 fully saturated rings. The Morgan fingerprint density at radius 1 is 1.11 bits per heavy atom. The number of para-hydroxylation sites is 1. The molecule has 2 aromatic carbocycles. The van der Waals surface area contributed by atoms with Crippen LogP contribution >= 0.6 is 0 Å². The van der Waals surface area contributed by atoms with E-state index in [2.05, 4.69) is 29.8 Å². The lowest BCUT2D eigenvalue weighted by Crippen LogP contribution is -1.89. The maximum Gasteiger partial charge on any atom is 0.0485 e. The van der Waals surface area contributed by atoms with Crippen molar-refractivity contribution in [2.75, 3.05) is 5.73 Å². The number of H-pyrrole nitrogens is 1. The van der Waals surface area contributed by atoms with Crippen LogP contribution in [-0.2, 0) is 0 Å². The highest BCUT2D eigenvalue weighted by atomic mass is 14.7. The Bertz CT molecular complexity index is 693. The quantitative estimate of drug-likeness (QED) is 0.442. The number of nitrogens with one attached hydrogen (secondary N) is 1. The molecule has 0 saturated carbocycles. The molecule has 0 amide bonds. The van der Waals surface area contributed by atoms with Gasteiger partial charge in [0.1, 0.15) is 0 Å². The molecule has 0 spiro atoms. The predicted molar refractivity (Wildman–Crippen MR) is 80.8 cm³/mol. The van der Waals surface area contributed by atoms with Crippen LogP contribution in [0.15, 0.2) is 49.1 Å². The molecule has 0 aliphatic carbocycles. The monoisotopic (exact) mass is 238 g/mol. The summed E-state index contributed by atoms with van der Waals surface area (Å²) in [7, 11) is 0. The highest BCUT2D eigenvalue weighted by molar-refractivity contribution is 6.13. The van der Waals surface area contributed by atoms with Crippen molar-refractivity contribution < 1.29 is 0 Å². The van der Waals surface area contributed by atoms with Gasteiger partial charge in [-0.25, -0.2) is 0 Å². The predicted octanol–water partition coefficient (Wildman–Crippen LogP) is 4.40. The summed E-state index contributed by atoms with van der Waals surface area (Å²) < 4.78 is 0. The van der Waals surface area contributed by atoms with Crippen LogP contribution in [0.5, 0.6) is 0 Å². The molecule has 0 aliphatic rings. The summed E-state index contributed by atoms with van der Waals surface area (Å²) in [4.78, 5) is 3.37. The molecular weight excluding hydrogens is 220 g/mol. The van der Waals surface area contributed by atoms with E-state index in [1.165, 1.54) is 5.39 Å². The molecule has 1 heterocycles. The molecule has 0 unspecified atom stereocenters. The van der Waals surface area contributed by atoms with Crippen molar-refractivity contribution in [3.63, 3.8) is 0 Å². The molecule has 0 atom stereocenters. The van der Waals surface area contributed by atoms with Gasteiger partial charge in [0.2, 0.25) is 0 Å². The van der Waals surface area contributed by atoms with Gasteiger partial charge in [-0.15, -0.1) is 6.58 Å². The van der Waals surface area contributed by atoms with Crippen LogP contribution in [0.4, 0.5) is 5.69 Å². The fourth-order valence-electron chi connectivity index (χ4n) is 2.07. The molecule has 92 valence electrons. The summed E-state index contributed by atoms with van der Waals surface area (Å²) in [5.74, 6) is 0. The topological polar surface area (TPSA) is 41.8 Å². The summed E-state index contributed by atoms with van der Waals surface area (Å²) in [5.41, 5.74) is 10.4. The second-order valence-electron chi connectivity index (χ2n) is 4.30. The minimum atomic E-state index is 0.880. The highest BCUT2D eigenvalue weighted by Crippen LogP contribution is 2.31. The number of rotatable bonds is 0. The Balaban J connectivity index is 0.000000367. The number of allylic oxidation sites excluding steroid dienone is 1. The van der Waals surface area contributed by atoms with E-state index in [0.29, 0.717) is 0 Å². The van der Waals surface area contributed by atoms with Crippen LogP contribution < -0.4 is 5.73 Å². The number of hydrogen-bond acceptors (Lipinski definition) is 1. The summed E-state index contributed by atoms with van der Waals surface area (Å²) in [6.07, 6.45) is 1.75. The number of nitrogen functional groups attached to an aromatic ring is 1. The summed E-state index contributed by atoms with van der Waals surface area (Å²) in [5, 5.41) is 2.35. The van der Waals surface area contributed by atoms with Gasteiger partial charge in [0, 0.05) is 27.5 Å². The van der Waals surface area contributed by atoms with Crippen molar-refractivity contribution in [2.24, 2.45) is 0 Å². The van der Waals surface area contributed by atoms with Crippen LogP contribution in [0.3, 0.4) is 0 Å². The van der Waals surface area contributed by atoms with Gasteiger partial charge in [-0.05, 0) is 31.5 Å². The standard InChI is InChI=1S/C13H12N2.C3H6/c1-8-6-7-11-12(13(8)14)9-4-2-3-5-10(9)15-11;1-3-2/h2-7,15H,14H2,1H3;3H,1H2,2H3. The van der Waals surface area contributed by atoms with Crippen LogP contribution in [0, 0.1) is 6.92 Å². The van der Waals surface area contributed by atoms with E-state index in [1.807, 2.05) is 32.0 Å². The number of benzene rings is 2. The molecule has 0 bridgehead atoms. The molecule has 3 aromatic rings. The third-order valence-corrected chi connectivity index (χ3v) is 2.93. The molecule has 2 nitrogen and oxygen atoms in total. The van der Waals surface area contributed by atoms with Gasteiger partial charge >= 0.3 is 0 Å². The van der Waals surface area contributed by atoms with E-state index in [1.54, 1.807) is 6.08 Å². The molecule has 0 radical (unpaired) electrons. The molecule has 3 rings (SSSR count). The lowest BCUT2D eigenvalue weighted by molar-refractivity contribution is 1.48. The van der Waals surface area contributed by atoms with E-state index in [0.717, 1.165) is 27.7 Å². The fraction of sp³-hybridized carbons (Fsp3) is 0.125. The van der Waals surface area contributed by atoms with Crippen LogP contribution in [-0.4, -0.2) is 4.98 Å². The Morgan fingerprint density at radius 3 is 2.50 bits per heavy atom. The number of fused-ring (bicyclic) bond motifs is 3. The van der Waals surface area contributed by atoms with Crippen LogP contribution in [0.2, 0.25) is 0 Å². The Labute approximate surface area is 107 Å². The van der Waals surface area contributed by atoms with Crippen molar-refractivity contribution in [1.82, 2.24) is 4.98 Å².